The van der Waals surface area contributed by atoms with Crippen molar-refractivity contribution in [3.63, 3.8) is 0 Å². The highest BCUT2D eigenvalue weighted by molar-refractivity contribution is 5.25. The molecule has 6 aliphatic rings. The molecule has 2 saturated heterocycles. The van der Waals surface area contributed by atoms with E-state index in [2.05, 4.69) is 64.7 Å². The van der Waals surface area contributed by atoms with Gasteiger partial charge >= 0.3 is 0 Å². The Balaban J connectivity index is 0.823. The number of ether oxygens (including phenoxy) is 5. The van der Waals surface area contributed by atoms with Gasteiger partial charge in [-0.25, -0.2) is 0 Å². The number of likely N-dealkylation sites (tertiary alicyclic amines) is 1. The third kappa shape index (κ3) is 16.1. The van der Waals surface area contributed by atoms with Crippen LogP contribution in [0.1, 0.15) is 215 Å². The fourth-order valence-corrected chi connectivity index (χ4v) is 14.4. The Labute approximate surface area is 402 Å². The molecule has 0 N–H and O–H groups in total. The summed E-state index contributed by atoms with van der Waals surface area (Å²) < 4.78 is 31.0. The minimum Gasteiger partial charge on any atom is -0.380 e. The molecule has 9 unspecified atom stereocenters. The molecular formula is C59H105NO5. The molecule has 6 nitrogen and oxygen atoms in total. The van der Waals surface area contributed by atoms with Crippen molar-refractivity contribution in [1.29, 1.82) is 0 Å². The topological polar surface area (TPSA) is 49.4 Å². The average molecular weight is 908 g/mol. The zero-order chi connectivity index (χ0) is 45.8. The fraction of sp³-hybridized carbons (Fsp3) is 0.932. The lowest BCUT2D eigenvalue weighted by Gasteiger charge is -2.58. The van der Waals surface area contributed by atoms with Crippen LogP contribution in [0.4, 0.5) is 0 Å². The molecule has 2 heterocycles. The van der Waals surface area contributed by atoms with Crippen molar-refractivity contribution in [1.82, 2.24) is 4.90 Å². The molecular weight excluding hydrogens is 803 g/mol. The highest BCUT2D eigenvalue weighted by atomic mass is 16.6. The second-order valence-corrected chi connectivity index (χ2v) is 23.9. The molecule has 2 aliphatic heterocycles. The molecule has 9 atom stereocenters. The lowest BCUT2D eigenvalue weighted by Crippen LogP contribution is -2.52. The fourth-order valence-electron chi connectivity index (χ4n) is 14.4. The van der Waals surface area contributed by atoms with Crippen LogP contribution in [-0.2, 0) is 23.7 Å². The first-order valence-corrected chi connectivity index (χ1v) is 28.7. The SMILES string of the molecule is CCCCCCCCC=CCCCCCCCCOCC(CN1CCC2(CC1)COC2)OCCOCCOC1CCC2(C)C(=CCC3C2CCC2(C)C(C(C)CCCC(C)C)CCC32)C1. The zero-order valence-electron chi connectivity index (χ0n) is 43.7. The van der Waals surface area contributed by atoms with E-state index in [0.717, 1.165) is 87.8 Å². The number of hydrogen-bond donors (Lipinski definition) is 0. The van der Waals surface area contributed by atoms with Crippen molar-refractivity contribution in [2.24, 2.45) is 51.8 Å². The summed E-state index contributed by atoms with van der Waals surface area (Å²) in [6.07, 6.45) is 44.2. The molecule has 0 bridgehead atoms. The Morgan fingerprint density at radius 1 is 0.708 bits per heavy atom. The molecule has 0 radical (unpaired) electrons. The normalized spacial score (nSPS) is 30.9. The Kier molecular flexibility index (Phi) is 23.2. The van der Waals surface area contributed by atoms with Crippen molar-refractivity contribution in [2.45, 2.75) is 227 Å². The first-order chi connectivity index (χ1) is 31.7. The highest BCUT2D eigenvalue weighted by Gasteiger charge is 2.59. The number of hydrogen-bond acceptors (Lipinski definition) is 6. The maximum absolute atomic E-state index is 6.55. The predicted octanol–water partition coefficient (Wildman–Crippen LogP) is 15.0. The Bertz CT molecular complexity index is 1350. The van der Waals surface area contributed by atoms with Crippen LogP contribution in [-0.4, -0.2) is 89.6 Å². The van der Waals surface area contributed by atoms with Crippen LogP contribution in [0.5, 0.6) is 0 Å². The summed E-state index contributed by atoms with van der Waals surface area (Å²) in [5, 5.41) is 0. The minimum atomic E-state index is 0.0895. The summed E-state index contributed by atoms with van der Waals surface area (Å²) in [7, 11) is 0. The van der Waals surface area contributed by atoms with E-state index in [1.165, 1.54) is 161 Å². The van der Waals surface area contributed by atoms with Crippen LogP contribution < -0.4 is 0 Å². The summed E-state index contributed by atoms with van der Waals surface area (Å²) in [5.41, 5.74) is 3.13. The summed E-state index contributed by atoms with van der Waals surface area (Å²) in [4.78, 5) is 2.60. The Morgan fingerprint density at radius 3 is 2.12 bits per heavy atom. The largest absolute Gasteiger partial charge is 0.380 e. The molecule has 1 spiro atoms. The number of unbranched alkanes of at least 4 members (excludes halogenated alkanes) is 12. The van der Waals surface area contributed by atoms with E-state index < -0.39 is 0 Å². The Hall–Kier alpha value is -0.760. The van der Waals surface area contributed by atoms with Gasteiger partial charge in [-0.2, -0.15) is 0 Å². The maximum atomic E-state index is 6.55. The number of allylic oxidation sites excluding steroid dienone is 3. The van der Waals surface area contributed by atoms with E-state index in [9.17, 15) is 0 Å². The van der Waals surface area contributed by atoms with Gasteiger partial charge in [0.1, 0.15) is 0 Å². The molecule has 0 aromatic rings. The number of nitrogens with zero attached hydrogens (tertiary/aromatic N) is 1. The first-order valence-electron chi connectivity index (χ1n) is 28.7. The summed E-state index contributed by atoms with van der Waals surface area (Å²) in [5.74, 6) is 5.35. The highest BCUT2D eigenvalue weighted by Crippen LogP contribution is 2.67. The van der Waals surface area contributed by atoms with Gasteiger partial charge in [-0.1, -0.05) is 142 Å². The third-order valence-electron chi connectivity index (χ3n) is 18.7. The smallest absolute Gasteiger partial charge is 0.0936 e. The molecule has 3 saturated carbocycles. The molecule has 6 rings (SSSR count). The molecule has 5 fully saturated rings. The molecule has 0 amide bonds. The number of piperidine rings is 1. The maximum Gasteiger partial charge on any atom is 0.0936 e. The van der Waals surface area contributed by atoms with E-state index in [1.807, 2.05) is 0 Å². The minimum absolute atomic E-state index is 0.0895. The molecule has 0 aromatic carbocycles. The standard InChI is InChI=1S/C59H105NO5/c1-7-8-9-10-11-12-13-14-15-16-17-18-19-20-21-22-38-62-45-52(44-60-36-34-59(35-37-60)46-63-47-59)65-42-40-61-39-41-64-51-30-32-57(5)50(43-51)26-27-53-55-29-28-54(49(4)25-23-24-48(2)3)58(55,6)33-31-56(53)57/h14-15,26,48-49,51-56H,7-13,16-25,27-47H2,1-6H3. The van der Waals surface area contributed by atoms with Crippen LogP contribution in [0.15, 0.2) is 23.8 Å². The van der Waals surface area contributed by atoms with Crippen molar-refractivity contribution < 1.29 is 23.7 Å². The van der Waals surface area contributed by atoms with Crippen molar-refractivity contribution in [3.05, 3.63) is 23.8 Å². The third-order valence-corrected chi connectivity index (χ3v) is 18.7. The van der Waals surface area contributed by atoms with Crippen LogP contribution in [0.2, 0.25) is 0 Å². The lowest BCUT2D eigenvalue weighted by molar-refractivity contribution is -0.143. The van der Waals surface area contributed by atoms with Gasteiger partial charge in [0.15, 0.2) is 0 Å². The lowest BCUT2D eigenvalue weighted by atomic mass is 9.47. The molecule has 376 valence electrons. The number of rotatable bonds is 33. The van der Waals surface area contributed by atoms with Crippen molar-refractivity contribution in [2.75, 3.05) is 72.5 Å². The molecule has 4 aliphatic carbocycles. The van der Waals surface area contributed by atoms with Gasteiger partial charge in [-0.3, -0.25) is 0 Å². The van der Waals surface area contributed by atoms with E-state index in [1.54, 1.807) is 5.57 Å². The second kappa shape index (κ2) is 28.2. The van der Waals surface area contributed by atoms with Gasteiger partial charge < -0.3 is 28.6 Å². The summed E-state index contributed by atoms with van der Waals surface area (Å²) in [6.45, 7) is 24.3. The van der Waals surface area contributed by atoms with Gasteiger partial charge in [0, 0.05) is 18.6 Å². The quantitative estimate of drug-likeness (QED) is 0.0483. The van der Waals surface area contributed by atoms with E-state index >= 15 is 0 Å². The average Bonchev–Trinajstić information content (AvgIpc) is 3.65. The molecule has 6 heteroatoms. The van der Waals surface area contributed by atoms with Crippen LogP contribution >= 0.6 is 0 Å². The predicted molar refractivity (Wildman–Crippen MR) is 273 cm³/mol. The van der Waals surface area contributed by atoms with Crippen LogP contribution in [0.3, 0.4) is 0 Å². The number of fused-ring (bicyclic) bond motifs is 5. The van der Waals surface area contributed by atoms with Gasteiger partial charge in [-0.15, -0.1) is 0 Å². The Morgan fingerprint density at radius 2 is 1.42 bits per heavy atom. The van der Waals surface area contributed by atoms with Crippen molar-refractivity contribution in [3.8, 4) is 0 Å². The second-order valence-electron chi connectivity index (χ2n) is 23.9. The molecule has 0 aromatic heterocycles. The first kappa shape index (κ1) is 53.6. The van der Waals surface area contributed by atoms with E-state index in [4.69, 9.17) is 23.7 Å². The van der Waals surface area contributed by atoms with Crippen molar-refractivity contribution >= 4 is 0 Å². The zero-order valence-corrected chi connectivity index (χ0v) is 43.7. The van der Waals surface area contributed by atoms with E-state index in [0.29, 0.717) is 55.4 Å². The van der Waals surface area contributed by atoms with Gasteiger partial charge in [0.25, 0.3) is 0 Å². The molecule has 65 heavy (non-hydrogen) atoms. The summed E-state index contributed by atoms with van der Waals surface area (Å²) in [6, 6.07) is 0. The van der Waals surface area contributed by atoms with Crippen LogP contribution in [0, 0.1) is 51.8 Å². The summed E-state index contributed by atoms with van der Waals surface area (Å²) >= 11 is 0. The monoisotopic (exact) mass is 908 g/mol. The van der Waals surface area contributed by atoms with Gasteiger partial charge in [-0.05, 0) is 156 Å². The van der Waals surface area contributed by atoms with Gasteiger partial charge in [0.2, 0.25) is 0 Å². The van der Waals surface area contributed by atoms with E-state index in [-0.39, 0.29) is 6.10 Å². The van der Waals surface area contributed by atoms with Crippen LogP contribution in [0.25, 0.3) is 0 Å². The van der Waals surface area contributed by atoms with Gasteiger partial charge in [0.05, 0.1) is 58.5 Å².